The molecule has 0 atom stereocenters. The van der Waals surface area contributed by atoms with Gasteiger partial charge in [-0.15, -0.1) is 0 Å². The molecule has 5 nitrogen and oxygen atoms in total. The SMILES string of the molecule is O=[N+]([O-])c1cc(Br)c(Oc2ccc3nc(CBr)ccc3c2)c(Br)c1. The minimum absolute atomic E-state index is 0.0221. The number of non-ortho nitro benzene ring substituents is 1. The number of halogens is 3. The first-order valence-corrected chi connectivity index (χ1v) is 9.45. The van der Waals surface area contributed by atoms with Crippen LogP contribution in [0, 0.1) is 10.1 Å². The van der Waals surface area contributed by atoms with Crippen molar-refractivity contribution in [1.82, 2.24) is 4.98 Å². The van der Waals surface area contributed by atoms with E-state index >= 15 is 0 Å². The lowest BCUT2D eigenvalue weighted by Crippen LogP contribution is -1.92. The first kappa shape index (κ1) is 17.3. The van der Waals surface area contributed by atoms with Crippen LogP contribution >= 0.6 is 47.8 Å². The molecule has 0 aliphatic rings. The van der Waals surface area contributed by atoms with Crippen LogP contribution in [0.4, 0.5) is 5.69 Å². The Morgan fingerprint density at radius 2 is 1.79 bits per heavy atom. The molecule has 0 saturated heterocycles. The number of pyridine rings is 1. The molecule has 0 radical (unpaired) electrons. The molecule has 3 rings (SSSR count). The number of aromatic nitrogens is 1. The van der Waals surface area contributed by atoms with Crippen molar-refractivity contribution < 1.29 is 9.66 Å². The van der Waals surface area contributed by atoms with Gasteiger partial charge in [-0.3, -0.25) is 15.1 Å². The van der Waals surface area contributed by atoms with Crippen LogP contribution in [0.15, 0.2) is 51.4 Å². The Morgan fingerprint density at radius 1 is 1.08 bits per heavy atom. The van der Waals surface area contributed by atoms with Gasteiger partial charge in [0, 0.05) is 22.8 Å². The first-order valence-electron chi connectivity index (χ1n) is 6.75. The summed E-state index contributed by atoms with van der Waals surface area (Å²) in [6.07, 6.45) is 0. The van der Waals surface area contributed by atoms with E-state index in [0.29, 0.717) is 25.8 Å². The van der Waals surface area contributed by atoms with Gasteiger partial charge in [0.1, 0.15) is 5.75 Å². The molecule has 0 unspecified atom stereocenters. The van der Waals surface area contributed by atoms with E-state index in [9.17, 15) is 10.1 Å². The highest BCUT2D eigenvalue weighted by Crippen LogP contribution is 2.40. The summed E-state index contributed by atoms with van der Waals surface area (Å²) in [6.45, 7) is 0. The van der Waals surface area contributed by atoms with Crippen molar-refractivity contribution in [3.05, 3.63) is 67.2 Å². The quantitative estimate of drug-likeness (QED) is 0.230. The zero-order valence-electron chi connectivity index (χ0n) is 12.0. The van der Waals surface area contributed by atoms with Gasteiger partial charge in [-0.05, 0) is 56.1 Å². The van der Waals surface area contributed by atoms with Crippen LogP contribution in [0.25, 0.3) is 10.9 Å². The highest BCUT2D eigenvalue weighted by atomic mass is 79.9. The topological polar surface area (TPSA) is 65.3 Å². The minimum Gasteiger partial charge on any atom is -0.455 e. The third kappa shape index (κ3) is 3.60. The van der Waals surface area contributed by atoms with Crippen LogP contribution in [0.2, 0.25) is 0 Å². The number of fused-ring (bicyclic) bond motifs is 1. The molecule has 0 saturated carbocycles. The molecule has 0 amide bonds. The van der Waals surface area contributed by atoms with Crippen molar-refractivity contribution in [3.8, 4) is 11.5 Å². The van der Waals surface area contributed by atoms with Gasteiger partial charge in [0.2, 0.25) is 0 Å². The van der Waals surface area contributed by atoms with E-state index in [1.54, 1.807) is 0 Å². The van der Waals surface area contributed by atoms with E-state index < -0.39 is 4.92 Å². The summed E-state index contributed by atoms with van der Waals surface area (Å²) >= 11 is 10.0. The largest absolute Gasteiger partial charge is 0.455 e. The van der Waals surface area contributed by atoms with Gasteiger partial charge in [-0.1, -0.05) is 22.0 Å². The number of rotatable bonds is 4. The number of ether oxygens (including phenoxy) is 1. The normalized spacial score (nSPS) is 10.8. The molecule has 0 bridgehead atoms. The maximum absolute atomic E-state index is 10.9. The molecular formula is C16H9Br3N2O3. The van der Waals surface area contributed by atoms with Gasteiger partial charge in [-0.2, -0.15) is 0 Å². The fraction of sp³-hybridized carbons (Fsp3) is 0.0625. The van der Waals surface area contributed by atoms with Crippen molar-refractivity contribution in [3.63, 3.8) is 0 Å². The summed E-state index contributed by atoms with van der Waals surface area (Å²) in [4.78, 5) is 14.9. The Labute approximate surface area is 162 Å². The number of nitrogens with zero attached hydrogens (tertiary/aromatic N) is 2. The van der Waals surface area contributed by atoms with Gasteiger partial charge >= 0.3 is 0 Å². The Hall–Kier alpha value is -1.51. The summed E-state index contributed by atoms with van der Waals surface area (Å²) in [5.41, 5.74) is 1.81. The molecule has 0 N–H and O–H groups in total. The van der Waals surface area contributed by atoms with Crippen molar-refractivity contribution in [2.24, 2.45) is 0 Å². The van der Waals surface area contributed by atoms with E-state index in [0.717, 1.165) is 16.6 Å². The lowest BCUT2D eigenvalue weighted by atomic mass is 10.2. The Bertz CT molecular complexity index is 924. The van der Waals surface area contributed by atoms with Gasteiger partial charge in [-0.25, -0.2) is 0 Å². The second kappa shape index (κ2) is 7.16. The number of hydrogen-bond acceptors (Lipinski definition) is 4. The number of alkyl halides is 1. The molecule has 122 valence electrons. The highest BCUT2D eigenvalue weighted by molar-refractivity contribution is 9.11. The van der Waals surface area contributed by atoms with Crippen molar-refractivity contribution >= 4 is 64.4 Å². The standard InChI is InChI=1S/C16H9Br3N2O3/c17-8-10-2-1-9-5-12(3-4-15(9)20-10)24-16-13(18)6-11(21(22)23)7-14(16)19/h1-7H,8H2. The summed E-state index contributed by atoms with van der Waals surface area (Å²) in [5, 5.41) is 12.5. The molecule has 0 spiro atoms. The maximum Gasteiger partial charge on any atom is 0.271 e. The predicted octanol–water partition coefficient (Wildman–Crippen LogP) is 6.36. The van der Waals surface area contributed by atoms with Gasteiger partial charge in [0.05, 0.1) is 25.1 Å². The predicted molar refractivity (Wildman–Crippen MR) is 103 cm³/mol. The molecule has 0 aliphatic carbocycles. The molecule has 24 heavy (non-hydrogen) atoms. The summed E-state index contributed by atoms with van der Waals surface area (Å²) < 4.78 is 6.88. The highest BCUT2D eigenvalue weighted by Gasteiger charge is 2.16. The second-order valence-electron chi connectivity index (χ2n) is 4.89. The third-order valence-corrected chi connectivity index (χ3v) is 5.02. The molecule has 1 aromatic heterocycles. The fourth-order valence-corrected chi connectivity index (χ4v) is 3.79. The Balaban J connectivity index is 1.96. The van der Waals surface area contributed by atoms with Gasteiger partial charge in [0.15, 0.2) is 5.75 Å². The fourth-order valence-electron chi connectivity index (χ4n) is 2.15. The number of benzene rings is 2. The van der Waals surface area contributed by atoms with Crippen LogP contribution in [-0.2, 0) is 5.33 Å². The van der Waals surface area contributed by atoms with Crippen molar-refractivity contribution in [2.45, 2.75) is 5.33 Å². The third-order valence-electron chi connectivity index (χ3n) is 3.27. The van der Waals surface area contributed by atoms with Gasteiger partial charge in [0.25, 0.3) is 5.69 Å². The van der Waals surface area contributed by atoms with Crippen LogP contribution in [0.3, 0.4) is 0 Å². The number of hydrogen-bond donors (Lipinski definition) is 0. The monoisotopic (exact) mass is 514 g/mol. The zero-order chi connectivity index (χ0) is 17.3. The zero-order valence-corrected chi connectivity index (χ0v) is 16.8. The van der Waals surface area contributed by atoms with Gasteiger partial charge < -0.3 is 4.74 Å². The van der Waals surface area contributed by atoms with E-state index in [-0.39, 0.29) is 5.69 Å². The average Bonchev–Trinajstić information content (AvgIpc) is 2.57. The van der Waals surface area contributed by atoms with Crippen molar-refractivity contribution in [2.75, 3.05) is 0 Å². The molecule has 2 aromatic carbocycles. The summed E-state index contributed by atoms with van der Waals surface area (Å²) in [7, 11) is 0. The number of nitro groups is 1. The Kier molecular flexibility index (Phi) is 5.17. The average molecular weight is 517 g/mol. The van der Waals surface area contributed by atoms with E-state index in [1.165, 1.54) is 12.1 Å². The molecule has 0 fully saturated rings. The van der Waals surface area contributed by atoms with E-state index in [2.05, 4.69) is 52.8 Å². The molecule has 1 heterocycles. The van der Waals surface area contributed by atoms with Crippen LogP contribution in [-0.4, -0.2) is 9.91 Å². The molecular weight excluding hydrogens is 508 g/mol. The summed E-state index contributed by atoms with van der Waals surface area (Å²) in [6, 6.07) is 12.3. The Morgan fingerprint density at radius 3 is 2.42 bits per heavy atom. The summed E-state index contributed by atoms with van der Waals surface area (Å²) in [5.74, 6) is 1.09. The van der Waals surface area contributed by atoms with Crippen LogP contribution in [0.1, 0.15) is 5.69 Å². The lowest BCUT2D eigenvalue weighted by molar-refractivity contribution is -0.385. The molecule has 3 aromatic rings. The second-order valence-corrected chi connectivity index (χ2v) is 7.16. The lowest BCUT2D eigenvalue weighted by Gasteiger charge is -2.11. The van der Waals surface area contributed by atoms with Crippen molar-refractivity contribution in [1.29, 1.82) is 0 Å². The maximum atomic E-state index is 10.9. The van der Waals surface area contributed by atoms with E-state index in [4.69, 9.17) is 4.74 Å². The number of nitro benzene ring substituents is 1. The first-order chi connectivity index (χ1) is 11.5. The van der Waals surface area contributed by atoms with Crippen LogP contribution in [0.5, 0.6) is 11.5 Å². The van der Waals surface area contributed by atoms with Crippen LogP contribution < -0.4 is 4.74 Å². The van der Waals surface area contributed by atoms with E-state index in [1.807, 2.05) is 30.3 Å². The minimum atomic E-state index is -0.456. The molecule has 8 heteroatoms. The smallest absolute Gasteiger partial charge is 0.271 e. The molecule has 0 aliphatic heterocycles.